The highest BCUT2D eigenvalue weighted by Crippen LogP contribution is 2.31. The van der Waals surface area contributed by atoms with Gasteiger partial charge in [0.05, 0.1) is 0 Å². The van der Waals surface area contributed by atoms with E-state index in [0.717, 1.165) is 6.08 Å². The van der Waals surface area contributed by atoms with Gasteiger partial charge >= 0.3 is 6.18 Å². The largest absolute Gasteiger partial charge is 0.486 e. The molecule has 0 aromatic heterocycles. The normalized spacial score (nSPS) is 15.7. The Morgan fingerprint density at radius 3 is 2.48 bits per heavy atom. The standard InChI is InChI=1S/C20H15F3O4/c21-20(22,23)15-4-2-1-3-13(11-15)16(24)6-7-17(25)14-5-8-18-19(12-14)27-10-9-26-18/h3,5,8,11-12H,1,6-7,9-10H2. The van der Waals surface area contributed by atoms with Gasteiger partial charge in [-0.05, 0) is 24.3 Å². The topological polar surface area (TPSA) is 52.6 Å². The van der Waals surface area contributed by atoms with Crippen LogP contribution in [-0.4, -0.2) is 31.0 Å². The van der Waals surface area contributed by atoms with Crippen LogP contribution in [0.4, 0.5) is 13.2 Å². The number of hydrogen-bond donors (Lipinski definition) is 0. The lowest BCUT2D eigenvalue weighted by atomic mass is 9.99. The summed E-state index contributed by atoms with van der Waals surface area (Å²) in [5, 5.41) is 0. The molecule has 1 aromatic carbocycles. The molecule has 0 saturated carbocycles. The van der Waals surface area contributed by atoms with Crippen LogP contribution in [0.3, 0.4) is 0 Å². The van der Waals surface area contributed by atoms with E-state index in [1.165, 1.54) is 6.08 Å². The van der Waals surface area contributed by atoms with Crippen molar-refractivity contribution in [3.05, 3.63) is 47.1 Å². The summed E-state index contributed by atoms with van der Waals surface area (Å²) in [6, 6.07) is 4.73. The number of allylic oxidation sites excluding steroid dienone is 4. The van der Waals surface area contributed by atoms with Gasteiger partial charge in [0.25, 0.3) is 0 Å². The number of carbonyl (C=O) groups excluding carboxylic acids is 2. The van der Waals surface area contributed by atoms with Crippen LogP contribution >= 0.6 is 0 Å². The fourth-order valence-corrected chi connectivity index (χ4v) is 2.64. The Morgan fingerprint density at radius 1 is 1.04 bits per heavy atom. The van der Waals surface area contributed by atoms with Gasteiger partial charge < -0.3 is 9.47 Å². The molecule has 3 rings (SSSR count). The van der Waals surface area contributed by atoms with Crippen LogP contribution in [-0.2, 0) is 4.79 Å². The van der Waals surface area contributed by atoms with E-state index in [-0.39, 0.29) is 30.6 Å². The highest BCUT2D eigenvalue weighted by Gasteiger charge is 2.33. The van der Waals surface area contributed by atoms with E-state index in [1.807, 2.05) is 5.92 Å². The summed E-state index contributed by atoms with van der Waals surface area (Å²) >= 11 is 0. The Hall–Kier alpha value is -3.01. The van der Waals surface area contributed by atoms with E-state index in [1.54, 1.807) is 18.2 Å². The number of ether oxygens (including phenoxy) is 2. The molecule has 1 heterocycles. The third-order valence-electron chi connectivity index (χ3n) is 4.02. The number of fused-ring (bicyclic) bond motifs is 1. The summed E-state index contributed by atoms with van der Waals surface area (Å²) in [6.45, 7) is 0.814. The first-order valence-electron chi connectivity index (χ1n) is 8.28. The van der Waals surface area contributed by atoms with Crippen LogP contribution in [0.25, 0.3) is 0 Å². The van der Waals surface area contributed by atoms with E-state index < -0.39 is 17.5 Å². The predicted molar refractivity (Wildman–Crippen MR) is 90.6 cm³/mol. The fraction of sp³-hybridized carbons (Fsp3) is 0.300. The van der Waals surface area contributed by atoms with Crippen molar-refractivity contribution in [2.45, 2.75) is 25.4 Å². The Balaban J connectivity index is 1.65. The number of Topliss-reactive ketones (excluding diaryl/α,β-unsaturated/α-hetero) is 2. The van der Waals surface area contributed by atoms with Crippen LogP contribution in [0.5, 0.6) is 11.5 Å². The van der Waals surface area contributed by atoms with E-state index in [0.29, 0.717) is 30.3 Å². The van der Waals surface area contributed by atoms with Crippen LogP contribution in [0.1, 0.15) is 29.6 Å². The van der Waals surface area contributed by atoms with Crippen molar-refractivity contribution in [3.63, 3.8) is 0 Å². The molecule has 0 radical (unpaired) electrons. The molecule has 0 saturated heterocycles. The zero-order valence-corrected chi connectivity index (χ0v) is 14.2. The molecule has 0 bridgehead atoms. The minimum absolute atomic E-state index is 0.0489. The molecule has 0 amide bonds. The highest BCUT2D eigenvalue weighted by molar-refractivity contribution is 6.03. The highest BCUT2D eigenvalue weighted by atomic mass is 19.4. The minimum Gasteiger partial charge on any atom is -0.486 e. The maximum atomic E-state index is 12.8. The lowest BCUT2D eigenvalue weighted by Gasteiger charge is -2.18. The summed E-state index contributed by atoms with van der Waals surface area (Å²) < 4.78 is 49.3. The molecule has 1 aliphatic carbocycles. The number of hydrogen-bond acceptors (Lipinski definition) is 4. The van der Waals surface area contributed by atoms with Crippen LogP contribution in [0.2, 0.25) is 0 Å². The molecule has 27 heavy (non-hydrogen) atoms. The second-order valence-corrected chi connectivity index (χ2v) is 5.93. The average Bonchev–Trinajstić information content (AvgIpc) is 2.92. The third-order valence-corrected chi connectivity index (χ3v) is 4.02. The molecule has 140 valence electrons. The van der Waals surface area contributed by atoms with Gasteiger partial charge in [-0.15, -0.1) is 0 Å². The van der Waals surface area contributed by atoms with Gasteiger partial charge in [0.15, 0.2) is 23.1 Å². The first-order valence-corrected chi connectivity index (χ1v) is 8.28. The van der Waals surface area contributed by atoms with Gasteiger partial charge in [0.1, 0.15) is 18.8 Å². The van der Waals surface area contributed by atoms with Crippen molar-refractivity contribution in [1.82, 2.24) is 0 Å². The SMILES string of the molecule is O=C(CCC(=O)c1ccc2c(c1)OCCO2)C1=CCC#CC(C(F)(F)F)=C1. The number of benzene rings is 1. The molecule has 1 aromatic rings. The average molecular weight is 376 g/mol. The van der Waals surface area contributed by atoms with Crippen molar-refractivity contribution in [3.8, 4) is 23.3 Å². The van der Waals surface area contributed by atoms with Crippen molar-refractivity contribution in [2.75, 3.05) is 13.2 Å². The van der Waals surface area contributed by atoms with Crippen LogP contribution in [0.15, 0.2) is 41.5 Å². The van der Waals surface area contributed by atoms with Gasteiger partial charge in [-0.3, -0.25) is 9.59 Å². The predicted octanol–water partition coefficient (Wildman–Crippen LogP) is 3.81. The lowest BCUT2D eigenvalue weighted by molar-refractivity contribution is -0.115. The van der Waals surface area contributed by atoms with Gasteiger partial charge in [-0.25, -0.2) is 0 Å². The van der Waals surface area contributed by atoms with Crippen molar-refractivity contribution in [2.24, 2.45) is 0 Å². The Morgan fingerprint density at radius 2 is 1.74 bits per heavy atom. The molecule has 0 unspecified atom stereocenters. The molecular weight excluding hydrogens is 361 g/mol. The number of rotatable bonds is 5. The van der Waals surface area contributed by atoms with Crippen LogP contribution in [0, 0.1) is 11.8 Å². The lowest BCUT2D eigenvalue weighted by Crippen LogP contribution is -2.16. The van der Waals surface area contributed by atoms with Crippen molar-refractivity contribution in [1.29, 1.82) is 0 Å². The Labute approximate surface area is 153 Å². The monoisotopic (exact) mass is 376 g/mol. The maximum Gasteiger partial charge on any atom is 0.424 e. The molecule has 0 N–H and O–H groups in total. The Bertz CT molecular complexity index is 898. The molecular formula is C20H15F3O4. The number of carbonyl (C=O) groups is 2. The summed E-state index contributed by atoms with van der Waals surface area (Å²) in [5.74, 6) is 4.53. The summed E-state index contributed by atoms with van der Waals surface area (Å²) in [5.41, 5.74) is -0.788. The van der Waals surface area contributed by atoms with Gasteiger partial charge in [-0.2, -0.15) is 13.2 Å². The summed E-state index contributed by atoms with van der Waals surface area (Å²) in [4.78, 5) is 24.6. The fourth-order valence-electron chi connectivity index (χ4n) is 2.64. The smallest absolute Gasteiger partial charge is 0.424 e. The first-order chi connectivity index (χ1) is 12.8. The zero-order valence-electron chi connectivity index (χ0n) is 14.2. The molecule has 4 nitrogen and oxygen atoms in total. The first kappa shape index (κ1) is 18.8. The van der Waals surface area contributed by atoms with E-state index >= 15 is 0 Å². The molecule has 2 aliphatic rings. The maximum absolute atomic E-state index is 12.8. The number of alkyl halides is 3. The summed E-state index contributed by atoms with van der Waals surface area (Å²) in [6.07, 6.45) is -2.78. The van der Waals surface area contributed by atoms with Crippen molar-refractivity contribution >= 4 is 11.6 Å². The minimum atomic E-state index is -4.61. The van der Waals surface area contributed by atoms with Gasteiger partial charge in [0.2, 0.25) is 0 Å². The Kier molecular flexibility index (Phi) is 5.36. The molecule has 0 atom stereocenters. The third kappa shape index (κ3) is 4.59. The van der Waals surface area contributed by atoms with E-state index in [4.69, 9.17) is 9.47 Å². The van der Waals surface area contributed by atoms with Crippen LogP contribution < -0.4 is 9.47 Å². The molecule has 0 spiro atoms. The molecule has 7 heteroatoms. The van der Waals surface area contributed by atoms with E-state index in [9.17, 15) is 22.8 Å². The second kappa shape index (κ2) is 7.70. The van der Waals surface area contributed by atoms with Gasteiger partial charge in [-0.1, -0.05) is 17.9 Å². The molecule has 1 aliphatic heterocycles. The quantitative estimate of drug-likeness (QED) is 0.579. The number of halogens is 3. The van der Waals surface area contributed by atoms with E-state index in [2.05, 4.69) is 5.92 Å². The summed E-state index contributed by atoms with van der Waals surface area (Å²) in [7, 11) is 0. The zero-order chi connectivity index (χ0) is 19.4. The molecule has 0 fully saturated rings. The second-order valence-electron chi connectivity index (χ2n) is 5.93. The van der Waals surface area contributed by atoms with Gasteiger partial charge in [0, 0.05) is 30.4 Å². The van der Waals surface area contributed by atoms with Crippen molar-refractivity contribution < 1.29 is 32.2 Å². The number of ketones is 2.